The van der Waals surface area contributed by atoms with Gasteiger partial charge in [0.15, 0.2) is 0 Å². The fraction of sp³-hybridized carbons (Fsp3) is 0.917. The molecule has 0 bridgehead atoms. The van der Waals surface area contributed by atoms with Crippen molar-refractivity contribution in [3.05, 3.63) is 0 Å². The second-order valence-corrected chi connectivity index (χ2v) is 4.09. The number of aliphatic carboxylic acids is 1. The standard InChI is InChI=1S/C12H24O4/c1-2-3-4-5-6-7-8-16-10-11(13)9-12(14)15/h11,13H,2-10H2,1H3,(H,14,15). The predicted molar refractivity (Wildman–Crippen MR) is 62.5 cm³/mol. The van der Waals surface area contributed by atoms with Gasteiger partial charge in [0, 0.05) is 6.61 Å². The monoisotopic (exact) mass is 232 g/mol. The van der Waals surface area contributed by atoms with Crippen molar-refractivity contribution in [1.29, 1.82) is 0 Å². The van der Waals surface area contributed by atoms with E-state index in [0.717, 1.165) is 12.8 Å². The van der Waals surface area contributed by atoms with Gasteiger partial charge in [-0.25, -0.2) is 0 Å². The summed E-state index contributed by atoms with van der Waals surface area (Å²) in [5.41, 5.74) is 0. The number of rotatable bonds is 11. The molecule has 0 aromatic rings. The van der Waals surface area contributed by atoms with Gasteiger partial charge in [0.25, 0.3) is 0 Å². The van der Waals surface area contributed by atoms with Crippen molar-refractivity contribution in [1.82, 2.24) is 0 Å². The summed E-state index contributed by atoms with van der Waals surface area (Å²) >= 11 is 0. The molecule has 16 heavy (non-hydrogen) atoms. The lowest BCUT2D eigenvalue weighted by molar-refractivity contribution is -0.140. The zero-order valence-electron chi connectivity index (χ0n) is 10.2. The Balaban J connectivity index is 3.11. The van der Waals surface area contributed by atoms with Crippen LogP contribution in [0, 0.1) is 0 Å². The molecule has 0 aliphatic heterocycles. The van der Waals surface area contributed by atoms with E-state index < -0.39 is 12.1 Å². The van der Waals surface area contributed by atoms with Crippen LogP contribution in [-0.4, -0.2) is 35.5 Å². The Kier molecular flexibility index (Phi) is 10.5. The molecule has 0 rings (SSSR count). The van der Waals surface area contributed by atoms with E-state index in [9.17, 15) is 9.90 Å². The van der Waals surface area contributed by atoms with Crippen molar-refractivity contribution >= 4 is 5.97 Å². The third kappa shape index (κ3) is 11.5. The highest BCUT2D eigenvalue weighted by atomic mass is 16.5. The highest BCUT2D eigenvalue weighted by molar-refractivity contribution is 5.67. The molecule has 0 heterocycles. The molecule has 0 amide bonds. The molecular weight excluding hydrogens is 208 g/mol. The Morgan fingerprint density at radius 3 is 2.44 bits per heavy atom. The Bertz CT molecular complexity index is 170. The van der Waals surface area contributed by atoms with Crippen LogP contribution in [0.25, 0.3) is 0 Å². The average Bonchev–Trinajstić information content (AvgIpc) is 2.21. The van der Waals surface area contributed by atoms with Crippen molar-refractivity contribution in [2.45, 2.75) is 58.0 Å². The molecule has 0 saturated carbocycles. The molecule has 0 aliphatic rings. The maximum atomic E-state index is 10.2. The molecule has 0 spiro atoms. The van der Waals surface area contributed by atoms with Crippen molar-refractivity contribution < 1.29 is 19.7 Å². The van der Waals surface area contributed by atoms with Gasteiger partial charge in [-0.1, -0.05) is 39.0 Å². The molecule has 1 unspecified atom stereocenters. The van der Waals surface area contributed by atoms with Crippen molar-refractivity contribution in [3.8, 4) is 0 Å². The van der Waals surface area contributed by atoms with Crippen LogP contribution in [0.5, 0.6) is 0 Å². The third-order valence-electron chi connectivity index (χ3n) is 2.36. The van der Waals surface area contributed by atoms with Gasteiger partial charge >= 0.3 is 5.97 Å². The van der Waals surface area contributed by atoms with E-state index in [-0.39, 0.29) is 13.0 Å². The molecule has 0 saturated heterocycles. The van der Waals surface area contributed by atoms with Crippen LogP contribution >= 0.6 is 0 Å². The molecule has 2 N–H and O–H groups in total. The average molecular weight is 232 g/mol. The second kappa shape index (κ2) is 10.9. The predicted octanol–water partition coefficient (Wildman–Crippen LogP) is 2.20. The van der Waals surface area contributed by atoms with Gasteiger partial charge in [-0.2, -0.15) is 0 Å². The molecule has 0 aromatic carbocycles. The lowest BCUT2D eigenvalue weighted by atomic mass is 10.1. The summed E-state index contributed by atoms with van der Waals surface area (Å²) in [6.07, 6.45) is 6.07. The van der Waals surface area contributed by atoms with Gasteiger partial charge in [-0.3, -0.25) is 4.79 Å². The van der Waals surface area contributed by atoms with E-state index in [4.69, 9.17) is 9.84 Å². The normalized spacial score (nSPS) is 12.6. The van der Waals surface area contributed by atoms with Crippen LogP contribution in [-0.2, 0) is 9.53 Å². The van der Waals surface area contributed by atoms with Crippen LogP contribution < -0.4 is 0 Å². The summed E-state index contributed by atoms with van der Waals surface area (Å²) in [7, 11) is 0. The molecule has 0 radical (unpaired) electrons. The summed E-state index contributed by atoms with van der Waals surface area (Å²) < 4.78 is 5.19. The Morgan fingerprint density at radius 2 is 1.81 bits per heavy atom. The zero-order chi connectivity index (χ0) is 12.2. The minimum Gasteiger partial charge on any atom is -0.481 e. The zero-order valence-corrected chi connectivity index (χ0v) is 10.2. The summed E-state index contributed by atoms with van der Waals surface area (Å²) in [4.78, 5) is 10.2. The molecule has 4 nitrogen and oxygen atoms in total. The van der Waals surface area contributed by atoms with Crippen LogP contribution in [0.3, 0.4) is 0 Å². The van der Waals surface area contributed by atoms with E-state index in [2.05, 4.69) is 6.92 Å². The quantitative estimate of drug-likeness (QED) is 0.536. The third-order valence-corrected chi connectivity index (χ3v) is 2.36. The summed E-state index contributed by atoms with van der Waals surface area (Å²) in [6, 6.07) is 0. The minimum absolute atomic E-state index is 0.126. The smallest absolute Gasteiger partial charge is 0.306 e. The van der Waals surface area contributed by atoms with Gasteiger partial charge in [-0.15, -0.1) is 0 Å². The maximum absolute atomic E-state index is 10.2. The lowest BCUT2D eigenvalue weighted by Crippen LogP contribution is -2.19. The molecule has 96 valence electrons. The first kappa shape index (κ1) is 15.4. The minimum atomic E-state index is -0.990. The first-order valence-corrected chi connectivity index (χ1v) is 6.14. The van der Waals surface area contributed by atoms with E-state index in [1.54, 1.807) is 0 Å². The molecule has 1 atom stereocenters. The van der Waals surface area contributed by atoms with Gasteiger partial charge in [0.1, 0.15) is 0 Å². The molecule has 4 heteroatoms. The second-order valence-electron chi connectivity index (χ2n) is 4.09. The summed E-state index contributed by atoms with van der Waals surface area (Å²) in [5, 5.41) is 17.6. The lowest BCUT2D eigenvalue weighted by Gasteiger charge is -2.08. The molecule has 0 aromatic heterocycles. The van der Waals surface area contributed by atoms with E-state index in [1.807, 2.05) is 0 Å². The number of aliphatic hydroxyl groups excluding tert-OH is 1. The summed E-state index contributed by atoms with van der Waals surface area (Å²) in [5.74, 6) is -0.990. The Labute approximate surface area is 97.6 Å². The molecule has 0 aliphatic carbocycles. The number of ether oxygens (including phenoxy) is 1. The fourth-order valence-corrected chi connectivity index (χ4v) is 1.46. The van der Waals surface area contributed by atoms with Gasteiger partial charge in [-0.05, 0) is 6.42 Å². The van der Waals surface area contributed by atoms with E-state index in [0.29, 0.717) is 6.61 Å². The SMILES string of the molecule is CCCCCCCCOCC(O)CC(=O)O. The number of unbranched alkanes of at least 4 members (excludes halogenated alkanes) is 5. The van der Waals surface area contributed by atoms with Gasteiger partial charge in [0.05, 0.1) is 19.1 Å². The Hall–Kier alpha value is -0.610. The van der Waals surface area contributed by atoms with Crippen molar-refractivity contribution in [3.63, 3.8) is 0 Å². The highest BCUT2D eigenvalue weighted by Gasteiger charge is 2.08. The first-order valence-electron chi connectivity index (χ1n) is 6.14. The van der Waals surface area contributed by atoms with Crippen LogP contribution in [0.2, 0.25) is 0 Å². The first-order chi connectivity index (χ1) is 7.66. The molecule has 0 fully saturated rings. The van der Waals surface area contributed by atoms with Gasteiger partial charge < -0.3 is 14.9 Å². The molecular formula is C12H24O4. The van der Waals surface area contributed by atoms with E-state index >= 15 is 0 Å². The maximum Gasteiger partial charge on any atom is 0.306 e. The van der Waals surface area contributed by atoms with Gasteiger partial charge in [0.2, 0.25) is 0 Å². The number of carbonyl (C=O) groups is 1. The van der Waals surface area contributed by atoms with Crippen molar-refractivity contribution in [2.24, 2.45) is 0 Å². The highest BCUT2D eigenvalue weighted by Crippen LogP contribution is 2.05. The number of carboxylic acids is 1. The number of hydrogen-bond acceptors (Lipinski definition) is 3. The van der Waals surface area contributed by atoms with Crippen LogP contribution in [0.4, 0.5) is 0 Å². The van der Waals surface area contributed by atoms with Crippen molar-refractivity contribution in [2.75, 3.05) is 13.2 Å². The topological polar surface area (TPSA) is 66.8 Å². The fourth-order valence-electron chi connectivity index (χ4n) is 1.46. The summed E-state index contributed by atoms with van der Waals surface area (Å²) in [6.45, 7) is 2.93. The Morgan fingerprint density at radius 1 is 1.19 bits per heavy atom. The number of aliphatic hydroxyl groups is 1. The largest absolute Gasteiger partial charge is 0.481 e. The number of hydrogen-bond donors (Lipinski definition) is 2. The van der Waals surface area contributed by atoms with Crippen LogP contribution in [0.1, 0.15) is 51.9 Å². The van der Waals surface area contributed by atoms with E-state index in [1.165, 1.54) is 25.7 Å². The van der Waals surface area contributed by atoms with Crippen LogP contribution in [0.15, 0.2) is 0 Å². The number of carboxylic acid groups (broad SMARTS) is 1.